The minimum absolute atomic E-state index is 0.256. The van der Waals surface area contributed by atoms with Crippen LogP contribution in [0.5, 0.6) is 0 Å². The van der Waals surface area contributed by atoms with Crippen LogP contribution >= 0.6 is 0 Å². The van der Waals surface area contributed by atoms with Gasteiger partial charge in [0.2, 0.25) is 10.0 Å². The molecule has 0 aromatic carbocycles. The summed E-state index contributed by atoms with van der Waals surface area (Å²) in [6.07, 6.45) is 5.25. The van der Waals surface area contributed by atoms with Crippen LogP contribution in [0.1, 0.15) is 25.7 Å². The number of nitrogens with two attached hydrogens (primary N) is 1. The first kappa shape index (κ1) is 16.8. The van der Waals surface area contributed by atoms with Crippen molar-refractivity contribution in [3.8, 4) is 0 Å². The fourth-order valence-corrected chi connectivity index (χ4v) is 3.55. The van der Waals surface area contributed by atoms with Crippen LogP contribution in [0.3, 0.4) is 0 Å². The van der Waals surface area contributed by atoms with E-state index >= 15 is 0 Å². The van der Waals surface area contributed by atoms with Crippen molar-refractivity contribution in [2.75, 3.05) is 40.0 Å². The zero-order valence-corrected chi connectivity index (χ0v) is 13.1. The number of piperidine rings is 1. The minimum atomic E-state index is -3.05. The maximum absolute atomic E-state index is 11.6. The van der Waals surface area contributed by atoms with Gasteiger partial charge in [-0.1, -0.05) is 0 Å². The third-order valence-corrected chi connectivity index (χ3v) is 5.00. The van der Waals surface area contributed by atoms with Crippen molar-refractivity contribution in [2.45, 2.75) is 31.7 Å². The number of rotatable bonds is 7. The highest BCUT2D eigenvalue weighted by atomic mass is 32.2. The van der Waals surface area contributed by atoms with Gasteiger partial charge in [0.25, 0.3) is 0 Å². The summed E-state index contributed by atoms with van der Waals surface area (Å²) in [5, 5.41) is 0. The molecule has 0 radical (unpaired) electrons. The number of nitrogens with one attached hydrogen (secondary N) is 1. The van der Waals surface area contributed by atoms with Gasteiger partial charge in [0.1, 0.15) is 0 Å². The van der Waals surface area contributed by atoms with Crippen molar-refractivity contribution in [1.29, 1.82) is 0 Å². The van der Waals surface area contributed by atoms with Gasteiger partial charge in [0.05, 0.1) is 6.26 Å². The first-order chi connectivity index (χ1) is 8.82. The van der Waals surface area contributed by atoms with Crippen LogP contribution in [0.4, 0.5) is 0 Å². The molecule has 1 rings (SSSR count). The Bertz CT molecular complexity index is 359. The Morgan fingerprint density at radius 2 is 2.16 bits per heavy atom. The molecule has 1 saturated heterocycles. The van der Waals surface area contributed by atoms with E-state index in [2.05, 4.69) is 10.3 Å². The average molecular weight is 292 g/mol. The zero-order valence-electron chi connectivity index (χ0n) is 12.3. The molecule has 0 saturated carbocycles. The fraction of sp³-hybridized carbons (Fsp3) is 1.00. The Labute approximate surface area is 117 Å². The third kappa shape index (κ3) is 6.18. The summed E-state index contributed by atoms with van der Waals surface area (Å²) in [7, 11) is 1.03. The fourth-order valence-electron chi connectivity index (χ4n) is 2.61. The van der Waals surface area contributed by atoms with Gasteiger partial charge >= 0.3 is 0 Å². The topological polar surface area (TPSA) is 78.7 Å². The van der Waals surface area contributed by atoms with Gasteiger partial charge in [-0.05, 0) is 52.2 Å². The van der Waals surface area contributed by atoms with Crippen molar-refractivity contribution in [3.05, 3.63) is 0 Å². The highest BCUT2D eigenvalue weighted by Crippen LogP contribution is 2.23. The second-order valence-corrected chi connectivity index (χ2v) is 7.80. The Balaban J connectivity index is 2.46. The molecule has 0 amide bonds. The van der Waals surface area contributed by atoms with Crippen molar-refractivity contribution in [3.63, 3.8) is 0 Å². The molecule has 0 aromatic heterocycles. The van der Waals surface area contributed by atoms with Gasteiger partial charge in [0.15, 0.2) is 0 Å². The molecule has 1 aliphatic rings. The Morgan fingerprint density at radius 1 is 1.47 bits per heavy atom. The molecule has 0 aliphatic carbocycles. The molecular weight excluding hydrogens is 264 g/mol. The van der Waals surface area contributed by atoms with Crippen LogP contribution in [-0.4, -0.2) is 63.7 Å². The van der Waals surface area contributed by atoms with Gasteiger partial charge < -0.3 is 4.90 Å². The van der Waals surface area contributed by atoms with Gasteiger partial charge in [-0.3, -0.25) is 11.3 Å². The zero-order chi connectivity index (χ0) is 14.5. The second kappa shape index (κ2) is 7.54. The molecule has 2 unspecified atom stereocenters. The lowest BCUT2D eigenvalue weighted by molar-refractivity contribution is 0.229. The summed E-state index contributed by atoms with van der Waals surface area (Å²) in [5.74, 6) is 6.01. The van der Waals surface area contributed by atoms with E-state index in [1.807, 2.05) is 14.1 Å². The third-order valence-electron chi connectivity index (χ3n) is 3.73. The molecule has 114 valence electrons. The molecule has 0 spiro atoms. The quantitative estimate of drug-likeness (QED) is 0.503. The van der Waals surface area contributed by atoms with Crippen LogP contribution in [0.2, 0.25) is 0 Å². The maximum Gasteiger partial charge on any atom is 0.211 e. The smallest absolute Gasteiger partial charge is 0.211 e. The van der Waals surface area contributed by atoms with Crippen LogP contribution in [0, 0.1) is 5.92 Å². The lowest BCUT2D eigenvalue weighted by Crippen LogP contribution is -2.44. The monoisotopic (exact) mass is 292 g/mol. The predicted molar refractivity (Wildman–Crippen MR) is 78.0 cm³/mol. The first-order valence-corrected chi connectivity index (χ1v) is 8.73. The van der Waals surface area contributed by atoms with Gasteiger partial charge in [-0.2, -0.15) is 0 Å². The van der Waals surface area contributed by atoms with E-state index in [1.54, 1.807) is 4.31 Å². The van der Waals surface area contributed by atoms with E-state index in [0.717, 1.165) is 32.2 Å². The molecule has 3 N–H and O–H groups in total. The van der Waals surface area contributed by atoms with E-state index < -0.39 is 10.0 Å². The Morgan fingerprint density at radius 3 is 2.68 bits per heavy atom. The molecule has 1 aliphatic heterocycles. The SMILES string of the molecule is CN(C)CCC(CC1CCCN(S(C)(=O)=O)C1)NN. The minimum Gasteiger partial charge on any atom is -0.309 e. The largest absolute Gasteiger partial charge is 0.309 e. The lowest BCUT2D eigenvalue weighted by Gasteiger charge is -2.33. The molecule has 7 heteroatoms. The molecule has 0 bridgehead atoms. The number of sulfonamides is 1. The highest BCUT2D eigenvalue weighted by Gasteiger charge is 2.27. The van der Waals surface area contributed by atoms with Crippen molar-refractivity contribution < 1.29 is 8.42 Å². The van der Waals surface area contributed by atoms with Gasteiger partial charge in [-0.25, -0.2) is 12.7 Å². The molecule has 1 heterocycles. The summed E-state index contributed by atoms with van der Waals surface area (Å²) in [6, 6.07) is 0.256. The molecular formula is C12H28N4O2S. The number of nitrogens with zero attached hydrogens (tertiary/aromatic N) is 2. The van der Waals surface area contributed by atoms with Crippen LogP contribution < -0.4 is 11.3 Å². The standard InChI is InChI=1S/C12H28N4O2S/c1-15(2)8-6-12(14-13)9-11-5-4-7-16(10-11)19(3,17)18/h11-12,14H,4-10,13H2,1-3H3. The summed E-state index contributed by atoms with van der Waals surface area (Å²) in [6.45, 7) is 2.28. The highest BCUT2D eigenvalue weighted by molar-refractivity contribution is 7.88. The predicted octanol–water partition coefficient (Wildman–Crippen LogP) is -0.168. The van der Waals surface area contributed by atoms with Gasteiger partial charge in [-0.15, -0.1) is 0 Å². The van der Waals surface area contributed by atoms with E-state index in [9.17, 15) is 8.42 Å². The van der Waals surface area contributed by atoms with Crippen LogP contribution in [-0.2, 0) is 10.0 Å². The first-order valence-electron chi connectivity index (χ1n) is 6.89. The molecule has 2 atom stereocenters. The molecule has 1 fully saturated rings. The van der Waals surface area contributed by atoms with Crippen molar-refractivity contribution >= 4 is 10.0 Å². The van der Waals surface area contributed by atoms with E-state index in [4.69, 9.17) is 5.84 Å². The Hall–Kier alpha value is -0.210. The van der Waals surface area contributed by atoms with Crippen molar-refractivity contribution in [1.82, 2.24) is 14.6 Å². The number of hydrazine groups is 1. The van der Waals surface area contributed by atoms with Crippen molar-refractivity contribution in [2.24, 2.45) is 11.8 Å². The Kier molecular flexibility index (Phi) is 6.68. The van der Waals surface area contributed by atoms with E-state index in [-0.39, 0.29) is 6.04 Å². The lowest BCUT2D eigenvalue weighted by atomic mass is 9.91. The summed E-state index contributed by atoms with van der Waals surface area (Å²) >= 11 is 0. The average Bonchev–Trinajstić information content (AvgIpc) is 2.33. The molecule has 6 nitrogen and oxygen atoms in total. The number of hydrogen-bond donors (Lipinski definition) is 2. The van der Waals surface area contributed by atoms with Gasteiger partial charge in [0, 0.05) is 19.1 Å². The van der Waals surface area contributed by atoms with E-state index in [1.165, 1.54) is 6.26 Å². The summed E-state index contributed by atoms with van der Waals surface area (Å²) < 4.78 is 24.8. The van der Waals surface area contributed by atoms with E-state index in [0.29, 0.717) is 19.0 Å². The normalized spacial score (nSPS) is 23.7. The van der Waals surface area contributed by atoms with Crippen LogP contribution in [0.15, 0.2) is 0 Å². The maximum atomic E-state index is 11.6. The summed E-state index contributed by atoms with van der Waals surface area (Å²) in [5.41, 5.74) is 2.86. The second-order valence-electron chi connectivity index (χ2n) is 5.82. The number of hydrogen-bond acceptors (Lipinski definition) is 5. The molecule has 0 aromatic rings. The van der Waals surface area contributed by atoms with Crippen LogP contribution in [0.25, 0.3) is 0 Å². The molecule has 19 heavy (non-hydrogen) atoms. The summed E-state index contributed by atoms with van der Waals surface area (Å²) in [4.78, 5) is 2.13.